The van der Waals surface area contributed by atoms with E-state index in [4.69, 9.17) is 11.6 Å². The number of aryl methyl sites for hydroxylation is 1. The quantitative estimate of drug-likeness (QED) is 0.745. The van der Waals surface area contributed by atoms with Gasteiger partial charge in [-0.15, -0.1) is 0 Å². The van der Waals surface area contributed by atoms with Gasteiger partial charge in [0.15, 0.2) is 5.15 Å². The fraction of sp³-hybridized carbons (Fsp3) is 0.667. The summed E-state index contributed by atoms with van der Waals surface area (Å²) < 4.78 is 2.05. The molecule has 1 aromatic heterocycles. The fourth-order valence-corrected chi connectivity index (χ4v) is 2.13. The topological polar surface area (TPSA) is 38.0 Å². The minimum absolute atomic E-state index is 0.233. The van der Waals surface area contributed by atoms with Crippen molar-refractivity contribution in [2.24, 2.45) is 0 Å². The van der Waals surface area contributed by atoms with Gasteiger partial charge in [-0.1, -0.05) is 18.5 Å². The Morgan fingerprint density at radius 1 is 1.69 bits per heavy atom. The van der Waals surface area contributed by atoms with E-state index >= 15 is 0 Å². The zero-order valence-corrected chi connectivity index (χ0v) is 8.38. The van der Waals surface area contributed by atoms with E-state index in [1.54, 1.807) is 0 Å². The van der Waals surface area contributed by atoms with Crippen molar-refractivity contribution in [2.75, 3.05) is 0 Å². The van der Waals surface area contributed by atoms with E-state index in [1.807, 2.05) is 6.92 Å². The van der Waals surface area contributed by atoms with Gasteiger partial charge in [-0.3, -0.25) is 0 Å². The molecule has 0 bridgehead atoms. The van der Waals surface area contributed by atoms with Crippen molar-refractivity contribution < 1.29 is 5.11 Å². The lowest BCUT2D eigenvalue weighted by Gasteiger charge is -2.21. The molecule has 2 heterocycles. The molecule has 0 aliphatic carbocycles. The van der Waals surface area contributed by atoms with Gasteiger partial charge in [0.25, 0.3) is 0 Å². The Morgan fingerprint density at radius 2 is 2.46 bits per heavy atom. The number of imidazole rings is 1. The van der Waals surface area contributed by atoms with Gasteiger partial charge in [0.2, 0.25) is 0 Å². The SMILES string of the molecule is CCc1nc(Cl)c2n1CC(O)CC2. The predicted octanol–water partition coefficient (Wildman–Crippen LogP) is 1.41. The monoisotopic (exact) mass is 200 g/mol. The van der Waals surface area contributed by atoms with E-state index in [-0.39, 0.29) is 6.10 Å². The number of aliphatic hydroxyl groups is 1. The Hall–Kier alpha value is -0.540. The molecule has 0 aromatic carbocycles. The summed E-state index contributed by atoms with van der Waals surface area (Å²) in [6.45, 7) is 2.70. The lowest BCUT2D eigenvalue weighted by atomic mass is 10.1. The predicted molar refractivity (Wildman–Crippen MR) is 50.9 cm³/mol. The third-order valence-electron chi connectivity index (χ3n) is 2.53. The number of rotatable bonds is 1. The van der Waals surface area contributed by atoms with Gasteiger partial charge >= 0.3 is 0 Å². The first-order chi connectivity index (χ1) is 6.22. The molecule has 3 nitrogen and oxygen atoms in total. The first-order valence-electron chi connectivity index (χ1n) is 4.64. The van der Waals surface area contributed by atoms with Crippen molar-refractivity contribution in [1.29, 1.82) is 0 Å². The lowest BCUT2D eigenvalue weighted by Crippen LogP contribution is -2.25. The average molecular weight is 201 g/mol. The lowest BCUT2D eigenvalue weighted by molar-refractivity contribution is 0.130. The van der Waals surface area contributed by atoms with Gasteiger partial charge in [-0.05, 0) is 12.8 Å². The number of hydrogen-bond acceptors (Lipinski definition) is 2. The second-order valence-corrected chi connectivity index (χ2v) is 3.78. The summed E-state index contributed by atoms with van der Waals surface area (Å²) in [5, 5.41) is 10.1. The van der Waals surface area contributed by atoms with Crippen molar-refractivity contribution >= 4 is 11.6 Å². The molecule has 4 heteroatoms. The van der Waals surface area contributed by atoms with Crippen LogP contribution in [0.3, 0.4) is 0 Å². The maximum atomic E-state index is 9.49. The van der Waals surface area contributed by atoms with Gasteiger partial charge in [-0.25, -0.2) is 4.98 Å². The van der Waals surface area contributed by atoms with Gasteiger partial charge < -0.3 is 9.67 Å². The van der Waals surface area contributed by atoms with Crippen LogP contribution in [0.2, 0.25) is 5.15 Å². The molecule has 1 unspecified atom stereocenters. The molecule has 0 saturated heterocycles. The highest BCUT2D eigenvalue weighted by molar-refractivity contribution is 6.30. The zero-order valence-electron chi connectivity index (χ0n) is 7.63. The van der Waals surface area contributed by atoms with Gasteiger partial charge in [-0.2, -0.15) is 0 Å². The van der Waals surface area contributed by atoms with Crippen LogP contribution in [-0.2, 0) is 19.4 Å². The Labute approximate surface area is 82.4 Å². The van der Waals surface area contributed by atoms with E-state index in [2.05, 4.69) is 9.55 Å². The summed E-state index contributed by atoms with van der Waals surface area (Å²) in [7, 11) is 0. The highest BCUT2D eigenvalue weighted by Gasteiger charge is 2.22. The number of fused-ring (bicyclic) bond motifs is 1. The maximum absolute atomic E-state index is 9.49. The summed E-state index contributed by atoms with van der Waals surface area (Å²) >= 11 is 5.98. The summed E-state index contributed by atoms with van der Waals surface area (Å²) in [5.41, 5.74) is 1.09. The highest BCUT2D eigenvalue weighted by Crippen LogP contribution is 2.24. The zero-order chi connectivity index (χ0) is 9.42. The molecule has 0 amide bonds. The first kappa shape index (κ1) is 9.03. The van der Waals surface area contributed by atoms with Crippen LogP contribution in [0.25, 0.3) is 0 Å². The molecule has 0 fully saturated rings. The fourth-order valence-electron chi connectivity index (χ4n) is 1.83. The number of aromatic nitrogens is 2. The van der Waals surface area contributed by atoms with Crippen LogP contribution < -0.4 is 0 Å². The highest BCUT2D eigenvalue weighted by atomic mass is 35.5. The molecule has 0 spiro atoms. The van der Waals surface area contributed by atoms with Crippen molar-refractivity contribution in [3.05, 3.63) is 16.7 Å². The summed E-state index contributed by atoms with van der Waals surface area (Å²) in [5.74, 6) is 0.985. The Kier molecular flexibility index (Phi) is 2.30. The average Bonchev–Trinajstić information content (AvgIpc) is 2.42. The standard InChI is InChI=1S/C9H13ClN2O/c1-2-8-11-9(10)7-4-3-6(13)5-12(7)8/h6,13H,2-5H2,1H3. The Bertz CT molecular complexity index is 322. The van der Waals surface area contributed by atoms with Crippen molar-refractivity contribution in [2.45, 2.75) is 38.8 Å². The molecule has 1 aromatic rings. The van der Waals surface area contributed by atoms with Crippen LogP contribution >= 0.6 is 11.6 Å². The molecule has 1 atom stereocenters. The number of hydrogen-bond donors (Lipinski definition) is 1. The third-order valence-corrected chi connectivity index (χ3v) is 2.83. The Morgan fingerprint density at radius 3 is 3.15 bits per heavy atom. The normalized spacial score (nSPS) is 21.6. The van der Waals surface area contributed by atoms with Crippen LogP contribution in [0.15, 0.2) is 0 Å². The van der Waals surface area contributed by atoms with Crippen LogP contribution in [0, 0.1) is 0 Å². The molecule has 1 aliphatic heterocycles. The van der Waals surface area contributed by atoms with Gasteiger partial charge in [0.05, 0.1) is 18.3 Å². The van der Waals surface area contributed by atoms with E-state index in [9.17, 15) is 5.11 Å². The summed E-state index contributed by atoms with van der Waals surface area (Å²) in [4.78, 5) is 4.26. The Balaban J connectivity index is 2.43. The van der Waals surface area contributed by atoms with Crippen molar-refractivity contribution in [3.8, 4) is 0 Å². The smallest absolute Gasteiger partial charge is 0.150 e. The van der Waals surface area contributed by atoms with Gasteiger partial charge in [0.1, 0.15) is 5.82 Å². The molecule has 2 rings (SSSR count). The van der Waals surface area contributed by atoms with Crippen LogP contribution in [0.4, 0.5) is 0 Å². The second kappa shape index (κ2) is 3.31. The van der Waals surface area contributed by atoms with E-state index < -0.39 is 0 Å². The number of halogens is 1. The number of nitrogens with zero attached hydrogens (tertiary/aromatic N) is 2. The van der Waals surface area contributed by atoms with Crippen LogP contribution in [0.5, 0.6) is 0 Å². The van der Waals surface area contributed by atoms with E-state index in [1.165, 1.54) is 0 Å². The summed E-state index contributed by atoms with van der Waals surface area (Å²) in [6, 6.07) is 0. The van der Waals surface area contributed by atoms with E-state index in [0.29, 0.717) is 11.7 Å². The molecule has 13 heavy (non-hydrogen) atoms. The largest absolute Gasteiger partial charge is 0.391 e. The minimum atomic E-state index is -0.233. The van der Waals surface area contributed by atoms with Crippen LogP contribution in [-0.4, -0.2) is 20.8 Å². The third kappa shape index (κ3) is 1.46. The van der Waals surface area contributed by atoms with Crippen molar-refractivity contribution in [3.63, 3.8) is 0 Å². The first-order valence-corrected chi connectivity index (χ1v) is 5.02. The molecule has 0 radical (unpaired) electrons. The molecule has 0 saturated carbocycles. The second-order valence-electron chi connectivity index (χ2n) is 3.42. The van der Waals surface area contributed by atoms with Gasteiger partial charge in [0, 0.05) is 6.42 Å². The van der Waals surface area contributed by atoms with E-state index in [0.717, 1.165) is 30.8 Å². The molecule has 1 N–H and O–H groups in total. The number of aliphatic hydroxyl groups excluding tert-OH is 1. The summed E-state index contributed by atoms with van der Waals surface area (Å²) in [6.07, 6.45) is 2.27. The molecule has 72 valence electrons. The molecular weight excluding hydrogens is 188 g/mol. The van der Waals surface area contributed by atoms with Crippen molar-refractivity contribution in [1.82, 2.24) is 9.55 Å². The van der Waals surface area contributed by atoms with Crippen LogP contribution in [0.1, 0.15) is 24.9 Å². The minimum Gasteiger partial charge on any atom is -0.391 e. The maximum Gasteiger partial charge on any atom is 0.150 e. The molecule has 1 aliphatic rings. The molecular formula is C9H13ClN2O.